The number of nitrogens with one attached hydrogen (secondary N) is 1. The van der Waals surface area contributed by atoms with Crippen LogP contribution >= 0.6 is 0 Å². The molecule has 60 valence electrons. The van der Waals surface area contributed by atoms with E-state index in [1.165, 1.54) is 18.2 Å². The summed E-state index contributed by atoms with van der Waals surface area (Å²) in [5.41, 5.74) is 8.80. The first-order valence-corrected chi connectivity index (χ1v) is 3.16. The second-order valence-electron chi connectivity index (χ2n) is 2.08. The van der Waals surface area contributed by atoms with Crippen molar-refractivity contribution >= 4 is 11.9 Å². The summed E-state index contributed by atoms with van der Waals surface area (Å²) < 4.78 is 0. The molecule has 0 heterocycles. The van der Waals surface area contributed by atoms with Crippen LogP contribution in [0.5, 0.6) is 5.75 Å². The number of phenols is 1. The highest BCUT2D eigenvalue weighted by atomic mass is 16.3. The summed E-state index contributed by atoms with van der Waals surface area (Å²) in [6.07, 6.45) is 1.02. The Morgan fingerprint density at radius 3 is 2.83 bits per heavy atom. The molecular weight excluding hydrogens is 156 g/mol. The smallest absolute Gasteiger partial charge is 0.124 e. The van der Waals surface area contributed by atoms with Gasteiger partial charge in [-0.05, 0) is 17.7 Å². The van der Waals surface area contributed by atoms with E-state index in [0.717, 1.165) is 6.21 Å². The molecule has 1 rings (SSSR count). The first-order valence-electron chi connectivity index (χ1n) is 3.16. The van der Waals surface area contributed by atoms with Crippen molar-refractivity contribution in [2.75, 3.05) is 0 Å². The van der Waals surface area contributed by atoms with Gasteiger partial charge in [-0.3, -0.25) is 0 Å². The minimum absolute atomic E-state index is 0.0603. The van der Waals surface area contributed by atoms with E-state index in [9.17, 15) is 5.11 Å². The molecule has 0 saturated carbocycles. The van der Waals surface area contributed by atoms with Crippen molar-refractivity contribution < 1.29 is 5.11 Å². The molecule has 0 aromatic heterocycles. The van der Waals surface area contributed by atoms with Gasteiger partial charge in [-0.15, -0.1) is 0 Å². The molecule has 0 aliphatic carbocycles. The standard InChI is InChI=1S/C7H6N4O/c8-4-5-1-2-6(10-11-9)3-7(5)12/h1-4,8,12H. The second kappa shape index (κ2) is 3.41. The number of hydrogen-bond acceptors (Lipinski definition) is 3. The average Bonchev–Trinajstić information content (AvgIpc) is 2.05. The number of phenolic OH excluding ortho intramolecular Hbond substituents is 1. The molecule has 0 spiro atoms. The normalized spacial score (nSPS) is 8.67. The van der Waals surface area contributed by atoms with E-state index in [2.05, 4.69) is 10.0 Å². The minimum atomic E-state index is -0.0603. The van der Waals surface area contributed by atoms with E-state index in [0.29, 0.717) is 11.3 Å². The Kier molecular flexibility index (Phi) is 2.30. The monoisotopic (exact) mass is 162 g/mol. The molecule has 0 amide bonds. The Bertz CT molecular complexity index is 354. The molecule has 1 aromatic carbocycles. The van der Waals surface area contributed by atoms with E-state index in [-0.39, 0.29) is 5.75 Å². The number of aromatic hydroxyl groups is 1. The van der Waals surface area contributed by atoms with Gasteiger partial charge in [0.15, 0.2) is 0 Å². The van der Waals surface area contributed by atoms with Crippen molar-refractivity contribution in [3.63, 3.8) is 0 Å². The zero-order valence-electron chi connectivity index (χ0n) is 6.10. The Labute approximate surface area is 68.4 Å². The lowest BCUT2D eigenvalue weighted by atomic mass is 10.2. The van der Waals surface area contributed by atoms with Crippen LogP contribution in [0.2, 0.25) is 0 Å². The van der Waals surface area contributed by atoms with Gasteiger partial charge in [0.2, 0.25) is 0 Å². The molecule has 2 N–H and O–H groups in total. The summed E-state index contributed by atoms with van der Waals surface area (Å²) in [6.45, 7) is 0. The summed E-state index contributed by atoms with van der Waals surface area (Å²) in [4.78, 5) is 2.56. The van der Waals surface area contributed by atoms with E-state index in [1.54, 1.807) is 0 Å². The highest BCUT2D eigenvalue weighted by Crippen LogP contribution is 2.22. The molecule has 0 aliphatic rings. The molecule has 0 bridgehead atoms. The van der Waals surface area contributed by atoms with Gasteiger partial charge in [0.25, 0.3) is 0 Å². The van der Waals surface area contributed by atoms with Crippen LogP contribution in [-0.2, 0) is 0 Å². The molecule has 5 nitrogen and oxygen atoms in total. The molecule has 1 aromatic rings. The van der Waals surface area contributed by atoms with Crippen LogP contribution in [0.4, 0.5) is 5.69 Å². The van der Waals surface area contributed by atoms with Crippen molar-refractivity contribution in [3.05, 3.63) is 34.2 Å². The van der Waals surface area contributed by atoms with Crippen LogP contribution in [0.1, 0.15) is 5.56 Å². The maximum absolute atomic E-state index is 9.18. The largest absolute Gasteiger partial charge is 0.507 e. The third-order valence-corrected chi connectivity index (χ3v) is 1.33. The molecule has 0 fully saturated rings. The lowest BCUT2D eigenvalue weighted by Gasteiger charge is -1.97. The average molecular weight is 162 g/mol. The number of hydrogen-bond donors (Lipinski definition) is 2. The number of azide groups is 1. The van der Waals surface area contributed by atoms with Crippen LogP contribution < -0.4 is 0 Å². The van der Waals surface area contributed by atoms with Gasteiger partial charge >= 0.3 is 0 Å². The fourth-order valence-corrected chi connectivity index (χ4v) is 0.768. The van der Waals surface area contributed by atoms with Gasteiger partial charge in [-0.2, -0.15) is 0 Å². The Morgan fingerprint density at radius 1 is 1.58 bits per heavy atom. The van der Waals surface area contributed by atoms with Crippen LogP contribution in [0.15, 0.2) is 23.3 Å². The van der Waals surface area contributed by atoms with Crippen LogP contribution in [-0.4, -0.2) is 11.3 Å². The van der Waals surface area contributed by atoms with Gasteiger partial charge in [-0.1, -0.05) is 11.2 Å². The molecule has 0 atom stereocenters. The van der Waals surface area contributed by atoms with Gasteiger partial charge in [-0.25, -0.2) is 0 Å². The van der Waals surface area contributed by atoms with Crippen molar-refractivity contribution in [3.8, 4) is 5.75 Å². The highest BCUT2D eigenvalue weighted by Gasteiger charge is 1.97. The zero-order valence-corrected chi connectivity index (χ0v) is 6.10. The fourth-order valence-electron chi connectivity index (χ4n) is 0.768. The van der Waals surface area contributed by atoms with Crippen LogP contribution in [0, 0.1) is 5.41 Å². The summed E-state index contributed by atoms with van der Waals surface area (Å²) in [7, 11) is 0. The number of rotatable bonds is 2. The second-order valence-corrected chi connectivity index (χ2v) is 2.08. The van der Waals surface area contributed by atoms with Gasteiger partial charge in [0, 0.05) is 22.4 Å². The molecule has 12 heavy (non-hydrogen) atoms. The maximum atomic E-state index is 9.18. The number of nitrogens with zero attached hydrogens (tertiary/aromatic N) is 3. The fraction of sp³-hybridized carbons (Fsp3) is 0. The lowest BCUT2D eigenvalue weighted by Crippen LogP contribution is -1.78. The van der Waals surface area contributed by atoms with Gasteiger partial charge < -0.3 is 10.5 Å². The third kappa shape index (κ3) is 1.53. The topological polar surface area (TPSA) is 92.8 Å². The molecule has 0 unspecified atom stereocenters. The summed E-state index contributed by atoms with van der Waals surface area (Å²) in [6, 6.07) is 4.34. The van der Waals surface area contributed by atoms with Gasteiger partial charge in [0.05, 0.1) is 0 Å². The Morgan fingerprint density at radius 2 is 2.33 bits per heavy atom. The summed E-state index contributed by atoms with van der Waals surface area (Å²) in [5.74, 6) is -0.0603. The molecule has 5 heteroatoms. The van der Waals surface area contributed by atoms with E-state index in [1.807, 2.05) is 0 Å². The molecular formula is C7H6N4O. The Hall–Kier alpha value is -2.00. The summed E-state index contributed by atoms with van der Waals surface area (Å²) >= 11 is 0. The predicted molar refractivity (Wildman–Crippen MR) is 44.8 cm³/mol. The van der Waals surface area contributed by atoms with Crippen LogP contribution in [0.25, 0.3) is 10.4 Å². The van der Waals surface area contributed by atoms with Crippen molar-refractivity contribution in [1.29, 1.82) is 5.41 Å². The van der Waals surface area contributed by atoms with Crippen molar-refractivity contribution in [2.45, 2.75) is 0 Å². The van der Waals surface area contributed by atoms with Crippen LogP contribution in [0.3, 0.4) is 0 Å². The lowest BCUT2D eigenvalue weighted by molar-refractivity contribution is 0.474. The van der Waals surface area contributed by atoms with E-state index >= 15 is 0 Å². The quantitative estimate of drug-likeness (QED) is 0.297. The van der Waals surface area contributed by atoms with E-state index < -0.39 is 0 Å². The summed E-state index contributed by atoms with van der Waals surface area (Å²) in [5, 5.41) is 19.3. The van der Waals surface area contributed by atoms with E-state index in [4.69, 9.17) is 10.9 Å². The molecule has 0 saturated heterocycles. The molecule has 0 aliphatic heterocycles. The SMILES string of the molecule is [N-]=[N+]=Nc1ccc(C=N)c(O)c1. The van der Waals surface area contributed by atoms with Gasteiger partial charge in [0.1, 0.15) is 5.75 Å². The minimum Gasteiger partial charge on any atom is -0.507 e. The predicted octanol–water partition coefficient (Wildman–Crippen LogP) is 2.33. The first kappa shape index (κ1) is 8.10. The Balaban J connectivity index is 3.17. The zero-order chi connectivity index (χ0) is 8.97. The third-order valence-electron chi connectivity index (χ3n) is 1.33. The highest BCUT2D eigenvalue weighted by molar-refractivity contribution is 5.81. The first-order chi connectivity index (χ1) is 5.77. The maximum Gasteiger partial charge on any atom is 0.124 e. The van der Waals surface area contributed by atoms with Crippen molar-refractivity contribution in [1.82, 2.24) is 0 Å². The van der Waals surface area contributed by atoms with Crippen molar-refractivity contribution in [2.24, 2.45) is 5.11 Å². The molecule has 0 radical (unpaired) electrons. The number of benzene rings is 1.